The van der Waals surface area contributed by atoms with Gasteiger partial charge in [0.25, 0.3) is 0 Å². The van der Waals surface area contributed by atoms with Gasteiger partial charge in [-0.1, -0.05) is 50.3 Å². The van der Waals surface area contributed by atoms with E-state index in [1.807, 2.05) is 44.0 Å². The van der Waals surface area contributed by atoms with Gasteiger partial charge < -0.3 is 18.9 Å². The van der Waals surface area contributed by atoms with Crippen LogP contribution in [0.2, 0.25) is 0 Å². The molecule has 0 aliphatic carbocycles. The molecule has 0 amide bonds. The van der Waals surface area contributed by atoms with Crippen LogP contribution in [0, 0.1) is 0 Å². The molecule has 0 spiro atoms. The van der Waals surface area contributed by atoms with E-state index < -0.39 is 30.2 Å². The lowest BCUT2D eigenvalue weighted by molar-refractivity contribution is 0.104. The third-order valence-electron chi connectivity index (χ3n) is 7.09. The predicted molar refractivity (Wildman–Crippen MR) is 153 cm³/mol. The van der Waals surface area contributed by atoms with Crippen LogP contribution in [0.5, 0.6) is 5.75 Å². The summed E-state index contributed by atoms with van der Waals surface area (Å²) in [6, 6.07) is 13.0. The van der Waals surface area contributed by atoms with Crippen molar-refractivity contribution in [2.45, 2.75) is 33.1 Å². The van der Waals surface area contributed by atoms with Gasteiger partial charge in [0, 0.05) is 48.7 Å². The van der Waals surface area contributed by atoms with Crippen LogP contribution in [0.3, 0.4) is 0 Å². The van der Waals surface area contributed by atoms with E-state index in [4.69, 9.17) is 4.42 Å². The summed E-state index contributed by atoms with van der Waals surface area (Å²) in [4.78, 5) is 29.9. The number of benzene rings is 2. The van der Waals surface area contributed by atoms with E-state index in [-0.39, 0.29) is 16.4 Å². The maximum atomic E-state index is 13.3. The van der Waals surface area contributed by atoms with Gasteiger partial charge in [-0.3, -0.25) is 4.79 Å². The highest BCUT2D eigenvalue weighted by Gasteiger charge is 2.37. The van der Waals surface area contributed by atoms with Crippen molar-refractivity contribution in [3.8, 4) is 5.75 Å². The van der Waals surface area contributed by atoms with Crippen molar-refractivity contribution in [2.24, 2.45) is 0 Å². The van der Waals surface area contributed by atoms with Crippen LogP contribution in [0.4, 0.5) is 20.0 Å². The molecule has 9 heteroatoms. The van der Waals surface area contributed by atoms with Gasteiger partial charge in [-0.2, -0.15) is 0 Å². The zero-order chi connectivity index (χ0) is 28.3. The van der Waals surface area contributed by atoms with E-state index in [2.05, 4.69) is 35.5 Å². The zero-order valence-corrected chi connectivity index (χ0v) is 22.7. The normalized spacial score (nSPS) is 15.5. The quantitative estimate of drug-likeness (QED) is 0.102. The van der Waals surface area contributed by atoms with Crippen molar-refractivity contribution in [3.05, 3.63) is 100 Å². The molecule has 0 atom stereocenters. The third-order valence-corrected chi connectivity index (χ3v) is 7.09. The van der Waals surface area contributed by atoms with Gasteiger partial charge in [0.05, 0.1) is 5.39 Å². The number of carbonyl (C=O) groups excluding carboxylic acids is 1. The van der Waals surface area contributed by atoms with Crippen LogP contribution in [0.1, 0.15) is 43.6 Å². The van der Waals surface area contributed by atoms with Crippen molar-refractivity contribution in [3.63, 3.8) is 0 Å². The molecule has 2 heterocycles. The number of fused-ring (bicyclic) bond motifs is 2. The van der Waals surface area contributed by atoms with Crippen molar-refractivity contribution in [1.82, 2.24) is 0 Å². The van der Waals surface area contributed by atoms with E-state index in [0.717, 1.165) is 23.1 Å². The molecule has 1 aliphatic heterocycles. The minimum Gasteiger partial charge on any atom is -0.504 e. The number of carbonyl (C=O) groups is 1. The number of hydrogen-bond acceptors (Lipinski definition) is 6. The summed E-state index contributed by atoms with van der Waals surface area (Å²) >= 11 is 0. The first kappa shape index (κ1) is 27.9. The highest BCUT2D eigenvalue weighted by molar-refractivity contribution is 6.36. The lowest BCUT2D eigenvalue weighted by Gasteiger charge is -2.23. The third kappa shape index (κ3) is 5.39. The van der Waals surface area contributed by atoms with Crippen LogP contribution in [0.15, 0.2) is 87.8 Å². The molecule has 0 N–H and O–H groups in total. The number of hydrogen-bond donors (Lipinski definition) is 0. The molecule has 0 saturated carbocycles. The van der Waals surface area contributed by atoms with Gasteiger partial charge >= 0.3 is 13.1 Å². The minimum absolute atomic E-state index is 0.0661. The summed E-state index contributed by atoms with van der Waals surface area (Å²) in [6.45, 7) is 9.64. The molecule has 0 unspecified atom stereocenters. The Morgan fingerprint density at radius 2 is 1.82 bits per heavy atom. The molecular weight excluding hydrogens is 501 g/mol. The summed E-state index contributed by atoms with van der Waals surface area (Å²) in [6.07, 6.45) is 7.97. The Kier molecular flexibility index (Phi) is 8.09. The first-order valence-corrected chi connectivity index (χ1v) is 12.8. The number of likely N-dealkylation sites (N-methyl/N-ethyl adjacent to an activating group) is 1. The van der Waals surface area contributed by atoms with E-state index in [1.54, 1.807) is 24.3 Å². The number of anilines is 2. The lowest BCUT2D eigenvalue weighted by Crippen LogP contribution is -2.22. The topological polar surface area (TPSA) is 63.0 Å². The summed E-state index contributed by atoms with van der Waals surface area (Å²) in [7, 11) is -1.23. The molecule has 0 bridgehead atoms. The average molecular weight is 532 g/mol. The number of ketones is 1. The Hall–Kier alpha value is -4.14. The second-order valence-corrected chi connectivity index (χ2v) is 9.69. The number of allylic oxidation sites excluding steroid dienone is 6. The summed E-state index contributed by atoms with van der Waals surface area (Å²) in [5.74, 6) is -1.28. The van der Waals surface area contributed by atoms with Crippen molar-refractivity contribution >= 4 is 35.6 Å². The van der Waals surface area contributed by atoms with Crippen LogP contribution in [-0.2, 0) is 5.41 Å². The van der Waals surface area contributed by atoms with Gasteiger partial charge in [-0.15, -0.1) is 0 Å². The maximum absolute atomic E-state index is 13.3. The maximum Gasteiger partial charge on any atom is 0.796 e. The Balaban J connectivity index is 1.63. The van der Waals surface area contributed by atoms with E-state index in [1.165, 1.54) is 17.7 Å². The van der Waals surface area contributed by atoms with Crippen molar-refractivity contribution in [2.75, 3.05) is 29.9 Å². The van der Waals surface area contributed by atoms with Gasteiger partial charge in [0.1, 0.15) is 16.9 Å². The van der Waals surface area contributed by atoms with Crippen LogP contribution < -0.4 is 20.1 Å². The number of rotatable bonds is 9. The Morgan fingerprint density at radius 1 is 1.10 bits per heavy atom. The first-order valence-electron chi connectivity index (χ1n) is 12.8. The molecule has 39 heavy (non-hydrogen) atoms. The van der Waals surface area contributed by atoms with E-state index in [0.29, 0.717) is 13.1 Å². The fourth-order valence-corrected chi connectivity index (χ4v) is 5.11. The molecule has 4 rings (SSSR count). The van der Waals surface area contributed by atoms with Crippen LogP contribution >= 0.6 is 0 Å². The molecule has 202 valence electrons. The molecule has 2 aromatic carbocycles. The first-order chi connectivity index (χ1) is 18.6. The largest absolute Gasteiger partial charge is 0.796 e. The standard InChI is InChI=1S/C30H31BF2N2O4/c1-6-35(7-2)20-17-18-21-25(19-20)38-29(37)27(28(21)39-31(32)33)24(36)15-9-8-10-16-26-30(3,4)22-13-11-12-14-23(22)34(26)5/h8-19H,6-7H2,1-5H3/b10-8+,15-9+,26-16+. The van der Waals surface area contributed by atoms with E-state index >= 15 is 0 Å². The molecular formula is C30H31BF2N2O4. The number of para-hydroxylation sites is 1. The van der Waals surface area contributed by atoms with E-state index in [9.17, 15) is 18.2 Å². The summed E-state index contributed by atoms with van der Waals surface area (Å²) < 4.78 is 36.7. The van der Waals surface area contributed by atoms with Gasteiger partial charge in [-0.25, -0.2) is 13.4 Å². The Bertz CT molecular complexity index is 1540. The molecule has 1 aromatic heterocycles. The predicted octanol–water partition coefficient (Wildman–Crippen LogP) is 6.55. The van der Waals surface area contributed by atoms with Crippen molar-refractivity contribution in [1.29, 1.82) is 0 Å². The highest BCUT2D eigenvalue weighted by Crippen LogP contribution is 2.46. The summed E-state index contributed by atoms with van der Waals surface area (Å²) in [5, 5.41) is 0.119. The number of nitrogens with zero attached hydrogens (tertiary/aromatic N) is 2. The van der Waals surface area contributed by atoms with Gasteiger partial charge in [-0.05, 0) is 49.8 Å². The monoisotopic (exact) mass is 532 g/mol. The Labute approximate surface area is 227 Å². The zero-order valence-electron chi connectivity index (χ0n) is 22.7. The molecule has 6 nitrogen and oxygen atoms in total. The van der Waals surface area contributed by atoms with Crippen molar-refractivity contribution < 1.29 is 22.5 Å². The second-order valence-electron chi connectivity index (χ2n) is 9.69. The molecule has 0 fully saturated rings. The molecule has 0 radical (unpaired) electrons. The average Bonchev–Trinajstić information content (AvgIpc) is 3.09. The van der Waals surface area contributed by atoms with Gasteiger partial charge in [0.2, 0.25) is 0 Å². The highest BCUT2D eigenvalue weighted by atomic mass is 19.2. The fraction of sp³-hybridized carbons (Fsp3) is 0.267. The number of halogens is 2. The minimum atomic E-state index is -3.23. The molecule has 1 aliphatic rings. The Morgan fingerprint density at radius 3 is 2.49 bits per heavy atom. The second kappa shape index (κ2) is 11.3. The smallest absolute Gasteiger partial charge is 0.504 e. The molecule has 3 aromatic rings. The molecule has 0 saturated heterocycles. The van der Waals surface area contributed by atoms with Crippen LogP contribution in [0.25, 0.3) is 11.0 Å². The SMILES string of the molecule is CCN(CC)c1ccc2c(OB(F)F)c(C(=O)/C=C/C=C/C=C3/N(C)c4ccccc4C3(C)C)c(=O)oc2c1. The summed E-state index contributed by atoms with van der Waals surface area (Å²) in [5.41, 5.74) is 2.44. The lowest BCUT2D eigenvalue weighted by atomic mass is 9.84. The fourth-order valence-electron chi connectivity index (χ4n) is 5.11. The van der Waals surface area contributed by atoms with Crippen LogP contribution in [-0.4, -0.2) is 33.4 Å². The van der Waals surface area contributed by atoms with Gasteiger partial charge in [0.15, 0.2) is 5.78 Å².